The molecule has 0 saturated carbocycles. The van der Waals surface area contributed by atoms with Gasteiger partial charge in [0.2, 0.25) is 0 Å². The Labute approximate surface area is 166 Å². The van der Waals surface area contributed by atoms with Crippen LogP contribution in [0.5, 0.6) is 0 Å². The van der Waals surface area contributed by atoms with E-state index >= 15 is 0 Å². The molecular weight excluding hydrogens is 389 g/mol. The van der Waals surface area contributed by atoms with E-state index in [0.29, 0.717) is 46.2 Å². The summed E-state index contributed by atoms with van der Waals surface area (Å²) in [5.41, 5.74) is 0. The van der Waals surface area contributed by atoms with Gasteiger partial charge in [-0.25, -0.2) is 9.18 Å². The molecule has 3 amide bonds. The molecule has 8 heteroatoms. The summed E-state index contributed by atoms with van der Waals surface area (Å²) < 4.78 is 14.1. The van der Waals surface area contributed by atoms with Crippen LogP contribution in [-0.4, -0.2) is 65.9 Å². The molecule has 2 saturated heterocycles. The lowest BCUT2D eigenvalue weighted by molar-refractivity contribution is 0.0637. The summed E-state index contributed by atoms with van der Waals surface area (Å²) in [5.74, 6) is -0.490. The first-order valence-electron chi connectivity index (χ1n) is 9.25. The quantitative estimate of drug-likeness (QED) is 0.713. The smallest absolute Gasteiger partial charge is 0.320 e. The SMILES string of the molecule is O=C(c1sc2cc(F)ccc2c1Cl)N1CCN(C(=O)N2CCCCC2)CC1. The second-order valence-electron chi connectivity index (χ2n) is 7.00. The Morgan fingerprint density at radius 2 is 1.56 bits per heavy atom. The number of halogens is 2. The van der Waals surface area contributed by atoms with Crippen LogP contribution in [0.15, 0.2) is 18.2 Å². The predicted molar refractivity (Wildman–Crippen MR) is 105 cm³/mol. The maximum absolute atomic E-state index is 13.4. The zero-order chi connectivity index (χ0) is 19.0. The highest BCUT2D eigenvalue weighted by Gasteiger charge is 2.30. The van der Waals surface area contributed by atoms with Gasteiger partial charge in [0.1, 0.15) is 10.7 Å². The number of carbonyl (C=O) groups is 2. The Morgan fingerprint density at radius 1 is 0.926 bits per heavy atom. The third kappa shape index (κ3) is 3.62. The lowest BCUT2D eigenvalue weighted by Gasteiger charge is -2.38. The van der Waals surface area contributed by atoms with E-state index in [0.717, 1.165) is 25.9 Å². The molecule has 144 valence electrons. The molecule has 0 aliphatic carbocycles. The molecule has 2 aromatic rings. The highest BCUT2D eigenvalue weighted by molar-refractivity contribution is 7.21. The summed E-state index contributed by atoms with van der Waals surface area (Å²) in [6, 6.07) is 4.44. The van der Waals surface area contributed by atoms with E-state index in [1.54, 1.807) is 11.0 Å². The Hall–Kier alpha value is -1.86. The van der Waals surface area contributed by atoms with E-state index in [1.165, 1.54) is 29.9 Å². The number of amides is 3. The first-order valence-corrected chi connectivity index (χ1v) is 10.4. The normalized spacial score (nSPS) is 18.2. The number of carbonyl (C=O) groups excluding carboxylic acids is 2. The summed E-state index contributed by atoms with van der Waals surface area (Å²) in [4.78, 5) is 31.4. The fourth-order valence-corrected chi connectivity index (χ4v) is 5.21. The summed E-state index contributed by atoms with van der Waals surface area (Å²) in [7, 11) is 0. The molecule has 0 radical (unpaired) electrons. The summed E-state index contributed by atoms with van der Waals surface area (Å²) >= 11 is 7.59. The molecule has 2 fully saturated rings. The molecule has 0 N–H and O–H groups in total. The van der Waals surface area contributed by atoms with Crippen molar-refractivity contribution < 1.29 is 14.0 Å². The zero-order valence-electron chi connectivity index (χ0n) is 14.9. The van der Waals surface area contributed by atoms with Gasteiger partial charge in [-0.3, -0.25) is 4.79 Å². The summed E-state index contributed by atoms with van der Waals surface area (Å²) in [6.45, 7) is 3.67. The number of hydrogen-bond donors (Lipinski definition) is 0. The largest absolute Gasteiger partial charge is 0.334 e. The predicted octanol–water partition coefficient (Wildman–Crippen LogP) is 4.06. The Kier molecular flexibility index (Phi) is 5.23. The average Bonchev–Trinajstić information content (AvgIpc) is 3.03. The molecular formula is C19H21ClFN3O2S. The van der Waals surface area contributed by atoms with Crippen LogP contribution < -0.4 is 0 Å². The molecule has 3 heterocycles. The number of rotatable bonds is 1. The number of thiophene rings is 1. The number of likely N-dealkylation sites (tertiary alicyclic amines) is 1. The van der Waals surface area contributed by atoms with Crippen LogP contribution in [0.25, 0.3) is 10.1 Å². The molecule has 2 aliphatic rings. The van der Waals surface area contributed by atoms with E-state index in [1.807, 2.05) is 9.80 Å². The van der Waals surface area contributed by atoms with E-state index < -0.39 is 0 Å². The minimum Gasteiger partial charge on any atom is -0.334 e. The number of nitrogens with zero attached hydrogens (tertiary/aromatic N) is 3. The number of urea groups is 1. The number of benzene rings is 1. The number of piperidine rings is 1. The number of piperazine rings is 1. The van der Waals surface area contributed by atoms with E-state index in [4.69, 9.17) is 11.6 Å². The van der Waals surface area contributed by atoms with Gasteiger partial charge >= 0.3 is 6.03 Å². The first kappa shape index (κ1) is 18.5. The van der Waals surface area contributed by atoms with Gasteiger partial charge in [0.05, 0.1) is 5.02 Å². The minimum absolute atomic E-state index is 0.0807. The van der Waals surface area contributed by atoms with Crippen molar-refractivity contribution in [1.29, 1.82) is 0 Å². The van der Waals surface area contributed by atoms with Gasteiger partial charge in [-0.1, -0.05) is 11.6 Å². The van der Waals surface area contributed by atoms with E-state index in [2.05, 4.69) is 0 Å². The van der Waals surface area contributed by atoms with Crippen molar-refractivity contribution >= 4 is 45.0 Å². The molecule has 0 atom stereocenters. The maximum atomic E-state index is 13.4. The lowest BCUT2D eigenvalue weighted by Crippen LogP contribution is -2.54. The first-order chi connectivity index (χ1) is 13.0. The van der Waals surface area contributed by atoms with Gasteiger partial charge in [-0.15, -0.1) is 11.3 Å². The van der Waals surface area contributed by atoms with Crippen LogP contribution in [0.3, 0.4) is 0 Å². The molecule has 27 heavy (non-hydrogen) atoms. The Morgan fingerprint density at radius 3 is 2.26 bits per heavy atom. The van der Waals surface area contributed by atoms with Crippen molar-refractivity contribution in [3.05, 3.63) is 33.9 Å². The zero-order valence-corrected chi connectivity index (χ0v) is 16.5. The van der Waals surface area contributed by atoms with Crippen LogP contribution in [-0.2, 0) is 0 Å². The second kappa shape index (κ2) is 7.64. The number of fused-ring (bicyclic) bond motifs is 1. The van der Waals surface area contributed by atoms with E-state index in [9.17, 15) is 14.0 Å². The standard InChI is InChI=1S/C19H21ClFN3O2S/c20-16-14-5-4-13(21)12-15(14)27-17(16)18(25)22-8-10-24(11-9-22)19(26)23-6-2-1-3-7-23/h4-5,12H,1-3,6-11H2. The molecule has 2 aliphatic heterocycles. The third-order valence-corrected chi connectivity index (χ3v) is 6.89. The monoisotopic (exact) mass is 409 g/mol. The molecule has 4 rings (SSSR count). The molecule has 0 unspecified atom stereocenters. The van der Waals surface area contributed by atoms with Gasteiger partial charge in [0.25, 0.3) is 5.91 Å². The van der Waals surface area contributed by atoms with Crippen molar-refractivity contribution in [3.8, 4) is 0 Å². The molecule has 0 spiro atoms. The minimum atomic E-state index is -0.343. The van der Waals surface area contributed by atoms with Crippen molar-refractivity contribution in [3.63, 3.8) is 0 Å². The maximum Gasteiger partial charge on any atom is 0.320 e. The van der Waals surface area contributed by atoms with Crippen LogP contribution in [0, 0.1) is 5.82 Å². The van der Waals surface area contributed by atoms with Crippen molar-refractivity contribution in [2.45, 2.75) is 19.3 Å². The fraction of sp³-hybridized carbons (Fsp3) is 0.474. The van der Waals surface area contributed by atoms with Crippen LogP contribution in [0.4, 0.5) is 9.18 Å². The van der Waals surface area contributed by atoms with Crippen LogP contribution in [0.2, 0.25) is 5.02 Å². The highest BCUT2D eigenvalue weighted by Crippen LogP contribution is 2.36. The fourth-order valence-electron chi connectivity index (χ4n) is 3.71. The average molecular weight is 410 g/mol. The van der Waals surface area contributed by atoms with Gasteiger partial charge in [0, 0.05) is 49.4 Å². The Balaban J connectivity index is 1.43. The lowest BCUT2D eigenvalue weighted by atomic mass is 10.1. The van der Waals surface area contributed by atoms with Crippen LogP contribution >= 0.6 is 22.9 Å². The van der Waals surface area contributed by atoms with E-state index in [-0.39, 0.29) is 17.8 Å². The summed E-state index contributed by atoms with van der Waals surface area (Å²) in [6.07, 6.45) is 3.32. The molecule has 1 aromatic heterocycles. The molecule has 5 nitrogen and oxygen atoms in total. The number of hydrogen-bond acceptors (Lipinski definition) is 3. The van der Waals surface area contributed by atoms with Crippen LogP contribution in [0.1, 0.15) is 28.9 Å². The highest BCUT2D eigenvalue weighted by atomic mass is 35.5. The van der Waals surface area contributed by atoms with Crippen molar-refractivity contribution in [1.82, 2.24) is 14.7 Å². The topological polar surface area (TPSA) is 43.9 Å². The summed E-state index contributed by atoms with van der Waals surface area (Å²) in [5, 5.41) is 1.08. The van der Waals surface area contributed by atoms with Gasteiger partial charge in [-0.2, -0.15) is 0 Å². The third-order valence-electron chi connectivity index (χ3n) is 5.25. The molecule has 0 bridgehead atoms. The van der Waals surface area contributed by atoms with Gasteiger partial charge in [-0.05, 0) is 37.5 Å². The second-order valence-corrected chi connectivity index (χ2v) is 8.43. The van der Waals surface area contributed by atoms with Gasteiger partial charge in [0.15, 0.2) is 0 Å². The molecule has 1 aromatic carbocycles. The van der Waals surface area contributed by atoms with Crippen molar-refractivity contribution in [2.75, 3.05) is 39.3 Å². The Bertz CT molecular complexity index is 873. The van der Waals surface area contributed by atoms with Gasteiger partial charge < -0.3 is 14.7 Å². The van der Waals surface area contributed by atoms with Crippen molar-refractivity contribution in [2.24, 2.45) is 0 Å².